The molecule has 1 aromatic carbocycles. The van der Waals surface area contributed by atoms with Crippen molar-refractivity contribution in [3.63, 3.8) is 0 Å². The van der Waals surface area contributed by atoms with Gasteiger partial charge in [0, 0.05) is 11.8 Å². The number of aromatic nitrogens is 1. The van der Waals surface area contributed by atoms with Crippen LogP contribution in [-0.2, 0) is 0 Å². The predicted molar refractivity (Wildman–Crippen MR) is 74.2 cm³/mol. The maximum Gasteiger partial charge on any atom is 0.167 e. The number of nitrogens with two attached hydrogens (primary N) is 1. The average Bonchev–Trinajstić information content (AvgIpc) is 2.37. The Hall–Kier alpha value is -2.30. The SMILES string of the molecule is CCOc1ccc(Nc2cc(C)c(N)cn2)cc1F. The summed E-state index contributed by atoms with van der Waals surface area (Å²) in [6.45, 7) is 4.13. The lowest BCUT2D eigenvalue weighted by atomic mass is 10.2. The highest BCUT2D eigenvalue weighted by Crippen LogP contribution is 2.24. The van der Waals surface area contributed by atoms with Crippen molar-refractivity contribution in [2.75, 3.05) is 17.7 Å². The van der Waals surface area contributed by atoms with Crippen molar-refractivity contribution in [3.8, 4) is 5.75 Å². The van der Waals surface area contributed by atoms with Crippen LogP contribution in [-0.4, -0.2) is 11.6 Å². The summed E-state index contributed by atoms with van der Waals surface area (Å²) in [5.74, 6) is 0.462. The van der Waals surface area contributed by atoms with Crippen LogP contribution >= 0.6 is 0 Å². The van der Waals surface area contributed by atoms with Crippen LogP contribution in [0, 0.1) is 12.7 Å². The molecule has 2 aromatic rings. The van der Waals surface area contributed by atoms with Gasteiger partial charge < -0.3 is 15.8 Å². The molecule has 0 radical (unpaired) electrons. The summed E-state index contributed by atoms with van der Waals surface area (Å²) in [6, 6.07) is 6.51. The fraction of sp³-hybridized carbons (Fsp3) is 0.214. The molecule has 0 spiro atoms. The van der Waals surface area contributed by atoms with Gasteiger partial charge in [0.2, 0.25) is 0 Å². The number of nitrogen functional groups attached to an aromatic ring is 1. The lowest BCUT2D eigenvalue weighted by Gasteiger charge is -2.09. The average molecular weight is 261 g/mol. The molecule has 1 aromatic heterocycles. The van der Waals surface area contributed by atoms with E-state index in [1.165, 1.54) is 6.07 Å². The Bertz CT molecular complexity index is 587. The highest BCUT2D eigenvalue weighted by atomic mass is 19.1. The number of ether oxygens (including phenoxy) is 1. The van der Waals surface area contributed by atoms with Crippen molar-refractivity contribution >= 4 is 17.2 Å². The number of hydrogen-bond acceptors (Lipinski definition) is 4. The number of halogens is 1. The molecule has 1 heterocycles. The van der Waals surface area contributed by atoms with E-state index in [-0.39, 0.29) is 5.75 Å². The molecule has 0 fully saturated rings. The van der Waals surface area contributed by atoms with E-state index >= 15 is 0 Å². The maximum atomic E-state index is 13.7. The van der Waals surface area contributed by atoms with Crippen molar-refractivity contribution in [1.82, 2.24) is 4.98 Å². The molecule has 2 rings (SSSR count). The lowest BCUT2D eigenvalue weighted by Crippen LogP contribution is -1.99. The monoisotopic (exact) mass is 261 g/mol. The Morgan fingerprint density at radius 2 is 2.16 bits per heavy atom. The molecule has 0 amide bonds. The number of pyridine rings is 1. The quantitative estimate of drug-likeness (QED) is 0.886. The molecule has 3 N–H and O–H groups in total. The molecule has 19 heavy (non-hydrogen) atoms. The Kier molecular flexibility index (Phi) is 3.85. The second-order valence-electron chi connectivity index (χ2n) is 4.13. The minimum atomic E-state index is -0.404. The molecule has 0 unspecified atom stereocenters. The first kappa shape index (κ1) is 13.1. The molecular formula is C14H16FN3O. The first-order chi connectivity index (χ1) is 9.10. The highest BCUT2D eigenvalue weighted by Gasteiger charge is 2.05. The predicted octanol–water partition coefficient (Wildman–Crippen LogP) is 3.25. The highest BCUT2D eigenvalue weighted by molar-refractivity contribution is 5.60. The number of benzene rings is 1. The molecule has 100 valence electrons. The van der Waals surface area contributed by atoms with Gasteiger partial charge in [0.05, 0.1) is 18.5 Å². The molecule has 0 aliphatic heterocycles. The van der Waals surface area contributed by atoms with Crippen molar-refractivity contribution in [1.29, 1.82) is 0 Å². The topological polar surface area (TPSA) is 60.2 Å². The zero-order valence-electron chi connectivity index (χ0n) is 10.9. The first-order valence-electron chi connectivity index (χ1n) is 6.01. The zero-order valence-corrected chi connectivity index (χ0v) is 10.9. The van der Waals surface area contributed by atoms with Crippen LogP contribution in [0.4, 0.5) is 21.6 Å². The van der Waals surface area contributed by atoms with Gasteiger partial charge in [-0.1, -0.05) is 0 Å². The van der Waals surface area contributed by atoms with Crippen LogP contribution < -0.4 is 15.8 Å². The molecule has 0 saturated heterocycles. The van der Waals surface area contributed by atoms with Crippen LogP contribution in [0.2, 0.25) is 0 Å². The van der Waals surface area contributed by atoms with Crippen LogP contribution in [0.25, 0.3) is 0 Å². The number of nitrogens with zero attached hydrogens (tertiary/aromatic N) is 1. The molecule has 4 nitrogen and oxygen atoms in total. The normalized spacial score (nSPS) is 10.3. The van der Waals surface area contributed by atoms with Gasteiger partial charge in [0.1, 0.15) is 5.82 Å². The van der Waals surface area contributed by atoms with E-state index < -0.39 is 5.82 Å². The molecule has 0 atom stereocenters. The van der Waals surface area contributed by atoms with Gasteiger partial charge in [-0.2, -0.15) is 0 Å². The Morgan fingerprint density at radius 3 is 2.79 bits per heavy atom. The van der Waals surface area contributed by atoms with Crippen LogP contribution in [0.1, 0.15) is 12.5 Å². The Balaban J connectivity index is 2.19. The molecule has 0 aliphatic carbocycles. The van der Waals surface area contributed by atoms with Gasteiger partial charge in [-0.05, 0) is 37.6 Å². The summed E-state index contributed by atoms with van der Waals surface area (Å²) in [4.78, 5) is 4.13. The molecule has 0 saturated carbocycles. The van der Waals surface area contributed by atoms with Gasteiger partial charge in [0.25, 0.3) is 0 Å². The summed E-state index contributed by atoms with van der Waals surface area (Å²) in [5.41, 5.74) is 7.85. The largest absolute Gasteiger partial charge is 0.491 e. The van der Waals surface area contributed by atoms with Crippen LogP contribution in [0.5, 0.6) is 5.75 Å². The third-order valence-electron chi connectivity index (χ3n) is 2.66. The minimum absolute atomic E-state index is 0.245. The fourth-order valence-electron chi connectivity index (χ4n) is 1.63. The van der Waals surface area contributed by atoms with Crippen molar-refractivity contribution in [3.05, 3.63) is 41.8 Å². The summed E-state index contributed by atoms with van der Waals surface area (Å²) in [5, 5.41) is 3.02. The fourth-order valence-corrected chi connectivity index (χ4v) is 1.63. The number of rotatable bonds is 4. The van der Waals surface area contributed by atoms with E-state index in [4.69, 9.17) is 10.5 Å². The van der Waals surface area contributed by atoms with E-state index in [2.05, 4.69) is 10.3 Å². The smallest absolute Gasteiger partial charge is 0.167 e. The number of hydrogen-bond donors (Lipinski definition) is 2. The molecular weight excluding hydrogens is 245 g/mol. The minimum Gasteiger partial charge on any atom is -0.491 e. The lowest BCUT2D eigenvalue weighted by molar-refractivity contribution is 0.321. The van der Waals surface area contributed by atoms with Crippen molar-refractivity contribution < 1.29 is 9.13 Å². The van der Waals surface area contributed by atoms with Crippen LogP contribution in [0.15, 0.2) is 30.5 Å². The van der Waals surface area contributed by atoms with Gasteiger partial charge in [-0.25, -0.2) is 9.37 Å². The molecule has 0 bridgehead atoms. The second-order valence-corrected chi connectivity index (χ2v) is 4.13. The standard InChI is InChI=1S/C14H16FN3O/c1-3-19-13-5-4-10(7-11(13)15)18-14-6-9(2)12(16)8-17-14/h4-8H,3,16H2,1-2H3,(H,17,18). The van der Waals surface area contributed by atoms with E-state index in [1.54, 1.807) is 18.3 Å². The van der Waals surface area contributed by atoms with E-state index in [9.17, 15) is 4.39 Å². The Labute approximate surface area is 111 Å². The summed E-state index contributed by atoms with van der Waals surface area (Å²) in [7, 11) is 0. The summed E-state index contributed by atoms with van der Waals surface area (Å²) < 4.78 is 18.8. The second kappa shape index (κ2) is 5.56. The van der Waals surface area contributed by atoms with E-state index in [1.807, 2.05) is 19.9 Å². The van der Waals surface area contributed by atoms with Crippen molar-refractivity contribution in [2.24, 2.45) is 0 Å². The number of anilines is 3. The Morgan fingerprint density at radius 1 is 1.37 bits per heavy atom. The molecule has 5 heteroatoms. The van der Waals surface area contributed by atoms with Crippen LogP contribution in [0.3, 0.4) is 0 Å². The maximum absolute atomic E-state index is 13.7. The van der Waals surface area contributed by atoms with Gasteiger partial charge in [-0.3, -0.25) is 0 Å². The van der Waals surface area contributed by atoms with Gasteiger partial charge >= 0.3 is 0 Å². The van der Waals surface area contributed by atoms with Gasteiger partial charge in [0.15, 0.2) is 11.6 Å². The first-order valence-corrected chi connectivity index (χ1v) is 6.01. The zero-order chi connectivity index (χ0) is 13.8. The molecule has 0 aliphatic rings. The van der Waals surface area contributed by atoms with Gasteiger partial charge in [-0.15, -0.1) is 0 Å². The third kappa shape index (κ3) is 3.13. The third-order valence-corrected chi connectivity index (χ3v) is 2.66. The summed E-state index contributed by atoms with van der Waals surface area (Å²) >= 11 is 0. The van der Waals surface area contributed by atoms with Crippen molar-refractivity contribution in [2.45, 2.75) is 13.8 Å². The number of aryl methyl sites for hydroxylation is 1. The van der Waals surface area contributed by atoms with E-state index in [0.717, 1.165) is 5.56 Å². The number of nitrogens with one attached hydrogen (secondary N) is 1. The van der Waals surface area contributed by atoms with E-state index in [0.29, 0.717) is 23.8 Å². The summed E-state index contributed by atoms with van der Waals surface area (Å²) in [6.07, 6.45) is 1.57.